The number of amides is 1. The van der Waals surface area contributed by atoms with Gasteiger partial charge in [-0.3, -0.25) is 19.5 Å². The summed E-state index contributed by atoms with van der Waals surface area (Å²) in [5.41, 5.74) is 1.07. The minimum absolute atomic E-state index is 0.0788. The van der Waals surface area contributed by atoms with E-state index in [1.54, 1.807) is 42.6 Å². The fourth-order valence-electron chi connectivity index (χ4n) is 3.49. The van der Waals surface area contributed by atoms with Gasteiger partial charge in [0.1, 0.15) is 6.04 Å². The van der Waals surface area contributed by atoms with Crippen LogP contribution in [0, 0.1) is 5.92 Å². The summed E-state index contributed by atoms with van der Waals surface area (Å²) in [5.74, 6) is -0.253. The lowest BCUT2D eigenvalue weighted by molar-refractivity contribution is -0.118. The fraction of sp³-hybridized carbons (Fsp3) is 0.286. The number of rotatable bonds is 5. The van der Waals surface area contributed by atoms with E-state index in [4.69, 9.17) is 9.47 Å². The third-order valence-electron chi connectivity index (χ3n) is 4.70. The van der Waals surface area contributed by atoms with E-state index in [0.717, 1.165) is 0 Å². The molecule has 2 aromatic rings. The second-order valence-corrected chi connectivity index (χ2v) is 7.15. The van der Waals surface area contributed by atoms with E-state index in [2.05, 4.69) is 4.98 Å². The van der Waals surface area contributed by atoms with Gasteiger partial charge in [0.2, 0.25) is 6.79 Å². The van der Waals surface area contributed by atoms with Crippen LogP contribution in [0.3, 0.4) is 0 Å². The standard InChI is InChI=1S/C21H20N2O5/c1-12(2)9-15(24)18-19(14-5-3-4-8-22-14)23(21(26)20(18)25)13-6-7-16-17(10-13)28-11-27-16/h3-8,10,12,19,25H,9,11H2,1-2H3. The highest BCUT2D eigenvalue weighted by Crippen LogP contribution is 2.44. The van der Waals surface area contributed by atoms with Crippen molar-refractivity contribution in [2.24, 2.45) is 5.92 Å². The summed E-state index contributed by atoms with van der Waals surface area (Å²) in [6.45, 7) is 3.94. The summed E-state index contributed by atoms with van der Waals surface area (Å²) in [4.78, 5) is 31.6. The second kappa shape index (κ2) is 6.99. The van der Waals surface area contributed by atoms with Gasteiger partial charge in [-0.25, -0.2) is 0 Å². The first-order valence-corrected chi connectivity index (χ1v) is 9.08. The van der Waals surface area contributed by atoms with Crippen molar-refractivity contribution in [2.45, 2.75) is 26.3 Å². The number of fused-ring (bicyclic) bond motifs is 1. The number of anilines is 1. The van der Waals surface area contributed by atoms with Gasteiger partial charge in [0.25, 0.3) is 5.91 Å². The van der Waals surface area contributed by atoms with E-state index < -0.39 is 17.7 Å². The number of ketones is 1. The number of aliphatic hydroxyl groups excluding tert-OH is 1. The maximum Gasteiger partial charge on any atom is 0.294 e. The SMILES string of the molecule is CC(C)CC(=O)C1=C(O)C(=O)N(c2ccc3c(c2)OCO3)C1c1ccccn1. The molecular formula is C21H20N2O5. The van der Waals surface area contributed by atoms with Gasteiger partial charge in [0, 0.05) is 24.4 Å². The highest BCUT2D eigenvalue weighted by atomic mass is 16.7. The number of carbonyl (C=O) groups excluding carboxylic acids is 2. The van der Waals surface area contributed by atoms with Crippen LogP contribution in [0.1, 0.15) is 32.0 Å². The van der Waals surface area contributed by atoms with Crippen LogP contribution in [0.5, 0.6) is 11.5 Å². The molecule has 28 heavy (non-hydrogen) atoms. The van der Waals surface area contributed by atoms with Crippen molar-refractivity contribution in [3.05, 3.63) is 59.6 Å². The predicted molar refractivity (Wildman–Crippen MR) is 101 cm³/mol. The molecule has 0 aliphatic carbocycles. The van der Waals surface area contributed by atoms with Crippen molar-refractivity contribution in [2.75, 3.05) is 11.7 Å². The quantitative estimate of drug-likeness (QED) is 0.856. The van der Waals surface area contributed by atoms with E-state index in [9.17, 15) is 14.7 Å². The lowest BCUT2D eigenvalue weighted by Gasteiger charge is -2.26. The molecule has 0 fully saturated rings. The molecule has 1 amide bonds. The van der Waals surface area contributed by atoms with Crippen LogP contribution in [-0.4, -0.2) is 28.6 Å². The number of aromatic nitrogens is 1. The molecule has 2 aliphatic rings. The Balaban J connectivity index is 1.82. The molecule has 1 N–H and O–H groups in total. The third-order valence-corrected chi connectivity index (χ3v) is 4.70. The summed E-state index contributed by atoms with van der Waals surface area (Å²) >= 11 is 0. The predicted octanol–water partition coefficient (Wildman–Crippen LogP) is 3.33. The smallest absolute Gasteiger partial charge is 0.294 e. The molecule has 0 saturated carbocycles. The molecule has 2 aliphatic heterocycles. The van der Waals surface area contributed by atoms with E-state index >= 15 is 0 Å². The largest absolute Gasteiger partial charge is 0.503 e. The Bertz CT molecular complexity index is 968. The van der Waals surface area contributed by atoms with E-state index in [0.29, 0.717) is 22.9 Å². The minimum atomic E-state index is -0.805. The fourth-order valence-corrected chi connectivity index (χ4v) is 3.49. The molecule has 0 spiro atoms. The number of ether oxygens (including phenoxy) is 2. The summed E-state index contributed by atoms with van der Waals surface area (Å²) < 4.78 is 10.7. The molecule has 4 rings (SSSR count). The third kappa shape index (κ3) is 2.98. The molecule has 3 heterocycles. The number of hydrogen-bond acceptors (Lipinski definition) is 6. The summed E-state index contributed by atoms with van der Waals surface area (Å²) in [7, 11) is 0. The molecule has 0 radical (unpaired) electrons. The van der Waals surface area contributed by atoms with E-state index in [1.807, 2.05) is 13.8 Å². The Hall–Kier alpha value is -3.35. The zero-order chi connectivity index (χ0) is 19.8. The van der Waals surface area contributed by atoms with Crippen molar-refractivity contribution in [3.8, 4) is 11.5 Å². The van der Waals surface area contributed by atoms with Gasteiger partial charge in [0.15, 0.2) is 23.0 Å². The molecule has 0 saturated heterocycles. The van der Waals surface area contributed by atoms with Crippen molar-refractivity contribution in [3.63, 3.8) is 0 Å². The summed E-state index contributed by atoms with van der Waals surface area (Å²) in [6.07, 6.45) is 1.82. The maximum atomic E-state index is 13.0. The Labute approximate surface area is 162 Å². The van der Waals surface area contributed by atoms with Crippen LogP contribution in [0.25, 0.3) is 0 Å². The molecular weight excluding hydrogens is 360 g/mol. The van der Waals surface area contributed by atoms with Crippen LogP contribution < -0.4 is 14.4 Å². The first-order valence-electron chi connectivity index (χ1n) is 9.08. The van der Waals surface area contributed by atoms with Crippen LogP contribution in [0.15, 0.2) is 53.9 Å². The molecule has 1 unspecified atom stereocenters. The molecule has 0 bridgehead atoms. The number of pyridine rings is 1. The zero-order valence-corrected chi connectivity index (χ0v) is 15.6. The van der Waals surface area contributed by atoms with E-state index in [1.165, 1.54) is 4.90 Å². The van der Waals surface area contributed by atoms with Crippen LogP contribution in [-0.2, 0) is 9.59 Å². The molecule has 1 atom stereocenters. The number of Topliss-reactive ketones (excluding diaryl/α,β-unsaturated/α-hetero) is 1. The average Bonchev–Trinajstić information content (AvgIpc) is 3.24. The number of aliphatic hydroxyl groups is 1. The van der Waals surface area contributed by atoms with Gasteiger partial charge >= 0.3 is 0 Å². The highest BCUT2D eigenvalue weighted by Gasteiger charge is 2.45. The van der Waals surface area contributed by atoms with Gasteiger partial charge < -0.3 is 14.6 Å². The topological polar surface area (TPSA) is 89.0 Å². The van der Waals surface area contributed by atoms with Crippen LogP contribution in [0.2, 0.25) is 0 Å². The maximum absolute atomic E-state index is 13.0. The molecule has 1 aromatic heterocycles. The van der Waals surface area contributed by atoms with Gasteiger partial charge in [-0.15, -0.1) is 0 Å². The Morgan fingerprint density at radius 3 is 2.75 bits per heavy atom. The monoisotopic (exact) mass is 380 g/mol. The van der Waals surface area contributed by atoms with Crippen LogP contribution in [0.4, 0.5) is 5.69 Å². The molecule has 7 heteroatoms. The Morgan fingerprint density at radius 2 is 2.04 bits per heavy atom. The zero-order valence-electron chi connectivity index (χ0n) is 15.6. The van der Waals surface area contributed by atoms with Gasteiger partial charge in [-0.2, -0.15) is 0 Å². The lowest BCUT2D eigenvalue weighted by Crippen LogP contribution is -2.31. The first kappa shape index (κ1) is 18.0. The van der Waals surface area contributed by atoms with Crippen LogP contribution >= 0.6 is 0 Å². The summed E-state index contributed by atoms with van der Waals surface area (Å²) in [5, 5.41) is 10.6. The van der Waals surface area contributed by atoms with Crippen molar-refractivity contribution in [1.82, 2.24) is 4.98 Å². The Kier molecular flexibility index (Phi) is 4.50. The number of nitrogens with zero attached hydrogens (tertiary/aromatic N) is 2. The molecule has 7 nitrogen and oxygen atoms in total. The summed E-state index contributed by atoms with van der Waals surface area (Å²) in [6, 6.07) is 9.53. The van der Waals surface area contributed by atoms with Crippen molar-refractivity contribution < 1.29 is 24.2 Å². The van der Waals surface area contributed by atoms with Crippen molar-refractivity contribution in [1.29, 1.82) is 0 Å². The second-order valence-electron chi connectivity index (χ2n) is 7.15. The number of benzene rings is 1. The first-order chi connectivity index (χ1) is 13.5. The Morgan fingerprint density at radius 1 is 1.25 bits per heavy atom. The van der Waals surface area contributed by atoms with Gasteiger partial charge in [0.05, 0.1) is 11.3 Å². The average molecular weight is 380 g/mol. The van der Waals surface area contributed by atoms with Gasteiger partial charge in [-0.1, -0.05) is 19.9 Å². The minimum Gasteiger partial charge on any atom is -0.503 e. The highest BCUT2D eigenvalue weighted by molar-refractivity contribution is 6.16. The number of carbonyl (C=O) groups is 2. The van der Waals surface area contributed by atoms with Crippen molar-refractivity contribution >= 4 is 17.4 Å². The van der Waals surface area contributed by atoms with Gasteiger partial charge in [-0.05, 0) is 30.2 Å². The number of hydrogen-bond donors (Lipinski definition) is 1. The molecule has 1 aromatic carbocycles. The normalized spacial score (nSPS) is 18.3. The molecule has 144 valence electrons. The lowest BCUT2D eigenvalue weighted by atomic mass is 9.94. The van der Waals surface area contributed by atoms with E-state index in [-0.39, 0.29) is 30.5 Å².